The van der Waals surface area contributed by atoms with Crippen LogP contribution in [-0.4, -0.2) is 34.4 Å². The average molecular weight is 456 g/mol. The van der Waals surface area contributed by atoms with Crippen molar-refractivity contribution in [3.63, 3.8) is 0 Å². The topological polar surface area (TPSA) is 54.3 Å². The van der Waals surface area contributed by atoms with Gasteiger partial charge < -0.3 is 14.8 Å². The molecular weight excluding hydrogens is 429 g/mol. The van der Waals surface area contributed by atoms with Gasteiger partial charge in [0.1, 0.15) is 11.5 Å². The highest BCUT2D eigenvalue weighted by Gasteiger charge is 2.24. The van der Waals surface area contributed by atoms with Crippen molar-refractivity contribution >= 4 is 28.4 Å². The molecule has 172 valence electrons. The zero-order valence-corrected chi connectivity index (χ0v) is 19.1. The Morgan fingerprint density at radius 1 is 0.941 bits per heavy atom. The largest absolute Gasteiger partial charge is 0.337 e. The number of benzene rings is 3. The van der Waals surface area contributed by atoms with Crippen LogP contribution in [0.5, 0.6) is 0 Å². The molecule has 1 N–H and O–H groups in total. The zero-order chi connectivity index (χ0) is 23.7. The molecule has 0 bridgehead atoms. The highest BCUT2D eigenvalue weighted by Crippen LogP contribution is 2.27. The fourth-order valence-corrected chi connectivity index (χ4v) is 4.50. The number of hydrogen-bond acceptors (Lipinski definition) is 2. The molecule has 0 atom stereocenters. The van der Waals surface area contributed by atoms with Gasteiger partial charge in [-0.2, -0.15) is 0 Å². The number of fused-ring (bicyclic) bond motifs is 1. The van der Waals surface area contributed by atoms with E-state index in [4.69, 9.17) is 0 Å². The molecule has 6 heteroatoms. The van der Waals surface area contributed by atoms with Crippen LogP contribution in [0.4, 0.5) is 10.1 Å². The maximum Gasteiger partial charge on any atom is 0.270 e. The molecule has 2 amide bonds. The second-order valence-corrected chi connectivity index (χ2v) is 8.84. The van der Waals surface area contributed by atoms with E-state index in [-0.39, 0.29) is 17.6 Å². The number of likely N-dealkylation sites (tertiary alicyclic amines) is 1. The first-order chi connectivity index (χ1) is 16.5. The van der Waals surface area contributed by atoms with Gasteiger partial charge in [-0.05, 0) is 73.9 Å². The second-order valence-electron chi connectivity index (χ2n) is 8.84. The standard InChI is InChI=1S/C28H26FN3O2/c1-19-7-9-21(10-8-19)27(33)30-24-11-12-25-22(16-24)17-26(28(34)31-13-2-3-14-31)32(25)18-20-5-4-6-23(29)15-20/h4-12,15-17H,2-3,13-14,18H2,1H3,(H,30,33). The van der Waals surface area contributed by atoms with Crippen molar-refractivity contribution in [2.24, 2.45) is 0 Å². The number of carbonyl (C=O) groups excluding carboxylic acids is 2. The summed E-state index contributed by atoms with van der Waals surface area (Å²) in [6.45, 7) is 3.85. The highest BCUT2D eigenvalue weighted by molar-refractivity contribution is 6.06. The summed E-state index contributed by atoms with van der Waals surface area (Å²) in [6, 6.07) is 21.3. The molecule has 1 saturated heterocycles. The summed E-state index contributed by atoms with van der Waals surface area (Å²) in [4.78, 5) is 27.9. The Bertz CT molecular complexity index is 1370. The van der Waals surface area contributed by atoms with Gasteiger partial charge in [-0.25, -0.2) is 4.39 Å². The lowest BCUT2D eigenvalue weighted by Crippen LogP contribution is -2.29. The van der Waals surface area contributed by atoms with Crippen molar-refractivity contribution in [3.8, 4) is 0 Å². The minimum Gasteiger partial charge on any atom is -0.337 e. The predicted molar refractivity (Wildman–Crippen MR) is 132 cm³/mol. The Hall–Kier alpha value is -3.93. The molecule has 5 nitrogen and oxygen atoms in total. The Labute approximate surface area is 197 Å². The van der Waals surface area contributed by atoms with E-state index in [9.17, 15) is 14.0 Å². The number of halogens is 1. The van der Waals surface area contributed by atoms with E-state index in [1.54, 1.807) is 18.2 Å². The Balaban J connectivity index is 1.50. The van der Waals surface area contributed by atoms with Gasteiger partial charge in [0.15, 0.2) is 0 Å². The maximum absolute atomic E-state index is 13.8. The minimum atomic E-state index is -0.303. The quantitative estimate of drug-likeness (QED) is 0.424. The SMILES string of the molecule is Cc1ccc(C(=O)Nc2ccc3c(c2)cc(C(=O)N2CCCC2)n3Cc2cccc(F)c2)cc1. The van der Waals surface area contributed by atoms with Crippen molar-refractivity contribution < 1.29 is 14.0 Å². The van der Waals surface area contributed by atoms with Crippen LogP contribution in [0.2, 0.25) is 0 Å². The maximum atomic E-state index is 13.8. The molecule has 1 aliphatic heterocycles. The monoisotopic (exact) mass is 455 g/mol. The highest BCUT2D eigenvalue weighted by atomic mass is 19.1. The van der Waals surface area contributed by atoms with E-state index in [1.807, 2.05) is 58.9 Å². The lowest BCUT2D eigenvalue weighted by Gasteiger charge is -2.17. The van der Waals surface area contributed by atoms with Crippen LogP contribution in [0.3, 0.4) is 0 Å². The molecule has 0 unspecified atom stereocenters. The van der Waals surface area contributed by atoms with Gasteiger partial charge in [0, 0.05) is 41.8 Å². The van der Waals surface area contributed by atoms with E-state index in [0.29, 0.717) is 23.5 Å². The molecule has 3 aromatic carbocycles. The average Bonchev–Trinajstić information content (AvgIpc) is 3.48. The van der Waals surface area contributed by atoms with Gasteiger partial charge in [-0.1, -0.05) is 29.8 Å². The molecule has 1 fully saturated rings. The number of hydrogen-bond donors (Lipinski definition) is 1. The van der Waals surface area contributed by atoms with Crippen molar-refractivity contribution in [1.82, 2.24) is 9.47 Å². The van der Waals surface area contributed by atoms with Gasteiger partial charge in [0.05, 0.1) is 0 Å². The molecule has 1 aromatic heterocycles. The van der Waals surface area contributed by atoms with Crippen molar-refractivity contribution in [3.05, 3.63) is 101 Å². The number of nitrogens with zero attached hydrogens (tertiary/aromatic N) is 2. The number of rotatable bonds is 5. The normalized spacial score (nSPS) is 13.4. The van der Waals surface area contributed by atoms with E-state index in [1.165, 1.54) is 12.1 Å². The molecule has 0 spiro atoms. The van der Waals surface area contributed by atoms with E-state index < -0.39 is 0 Å². The third-order valence-corrected chi connectivity index (χ3v) is 6.32. The first-order valence-electron chi connectivity index (χ1n) is 11.5. The number of carbonyl (C=O) groups is 2. The summed E-state index contributed by atoms with van der Waals surface area (Å²) in [5.41, 5.74) is 4.54. The second kappa shape index (κ2) is 9.14. The van der Waals surface area contributed by atoms with Crippen LogP contribution in [-0.2, 0) is 6.54 Å². The van der Waals surface area contributed by atoms with Crippen LogP contribution in [0, 0.1) is 12.7 Å². The third-order valence-electron chi connectivity index (χ3n) is 6.32. The first kappa shape index (κ1) is 21.9. The van der Waals surface area contributed by atoms with Crippen molar-refractivity contribution in [2.75, 3.05) is 18.4 Å². The first-order valence-corrected chi connectivity index (χ1v) is 11.5. The molecule has 0 aliphatic carbocycles. The fourth-order valence-electron chi connectivity index (χ4n) is 4.50. The van der Waals surface area contributed by atoms with Gasteiger partial charge in [-0.15, -0.1) is 0 Å². The summed E-state index contributed by atoms with van der Waals surface area (Å²) in [5, 5.41) is 3.79. The summed E-state index contributed by atoms with van der Waals surface area (Å²) in [6.07, 6.45) is 2.01. The number of aryl methyl sites for hydroxylation is 1. The van der Waals surface area contributed by atoms with Gasteiger partial charge in [0.2, 0.25) is 0 Å². The molecule has 34 heavy (non-hydrogen) atoms. The summed E-state index contributed by atoms with van der Waals surface area (Å²) >= 11 is 0. The molecule has 5 rings (SSSR count). The molecule has 4 aromatic rings. The lowest BCUT2D eigenvalue weighted by molar-refractivity contribution is 0.0783. The Morgan fingerprint density at radius 2 is 1.71 bits per heavy atom. The summed E-state index contributed by atoms with van der Waals surface area (Å²) < 4.78 is 15.8. The summed E-state index contributed by atoms with van der Waals surface area (Å²) in [7, 11) is 0. The van der Waals surface area contributed by atoms with Crippen LogP contribution >= 0.6 is 0 Å². The van der Waals surface area contributed by atoms with E-state index in [0.717, 1.165) is 48.0 Å². The number of nitrogens with one attached hydrogen (secondary N) is 1. The molecule has 0 saturated carbocycles. The summed E-state index contributed by atoms with van der Waals surface area (Å²) in [5.74, 6) is -0.510. The number of anilines is 1. The Kier molecular flexibility index (Phi) is 5.88. The smallest absolute Gasteiger partial charge is 0.270 e. The van der Waals surface area contributed by atoms with Gasteiger partial charge >= 0.3 is 0 Å². The van der Waals surface area contributed by atoms with Gasteiger partial charge in [-0.3, -0.25) is 9.59 Å². The van der Waals surface area contributed by atoms with Crippen LogP contribution < -0.4 is 5.32 Å². The molecule has 1 aliphatic rings. The molecule has 0 radical (unpaired) electrons. The third kappa shape index (κ3) is 4.44. The minimum absolute atomic E-state index is 0.0182. The van der Waals surface area contributed by atoms with Crippen LogP contribution in [0.25, 0.3) is 10.9 Å². The van der Waals surface area contributed by atoms with Crippen LogP contribution in [0.15, 0.2) is 72.8 Å². The lowest BCUT2D eigenvalue weighted by atomic mass is 10.1. The Morgan fingerprint density at radius 3 is 2.44 bits per heavy atom. The molecular formula is C28H26FN3O2. The number of amides is 2. The molecule has 2 heterocycles. The number of aromatic nitrogens is 1. The predicted octanol–water partition coefficient (Wildman–Crippen LogP) is 5.63. The van der Waals surface area contributed by atoms with Crippen molar-refractivity contribution in [1.29, 1.82) is 0 Å². The van der Waals surface area contributed by atoms with Gasteiger partial charge in [0.25, 0.3) is 11.8 Å². The zero-order valence-electron chi connectivity index (χ0n) is 19.1. The fraction of sp³-hybridized carbons (Fsp3) is 0.214. The van der Waals surface area contributed by atoms with E-state index in [2.05, 4.69) is 5.32 Å². The van der Waals surface area contributed by atoms with E-state index >= 15 is 0 Å². The van der Waals surface area contributed by atoms with Crippen molar-refractivity contribution in [2.45, 2.75) is 26.3 Å². The van der Waals surface area contributed by atoms with Crippen LogP contribution in [0.1, 0.15) is 44.8 Å².